The summed E-state index contributed by atoms with van der Waals surface area (Å²) in [6.45, 7) is 0.129. The van der Waals surface area contributed by atoms with Crippen molar-refractivity contribution in [3.63, 3.8) is 0 Å². The van der Waals surface area contributed by atoms with Gasteiger partial charge in [-0.15, -0.1) is 5.10 Å². The van der Waals surface area contributed by atoms with Crippen molar-refractivity contribution in [1.29, 1.82) is 0 Å². The summed E-state index contributed by atoms with van der Waals surface area (Å²) in [5.74, 6) is -1.06. The van der Waals surface area contributed by atoms with Crippen molar-refractivity contribution in [3.8, 4) is 0 Å². The van der Waals surface area contributed by atoms with Gasteiger partial charge < -0.3 is 14.9 Å². The van der Waals surface area contributed by atoms with Gasteiger partial charge in [-0.05, 0) is 11.0 Å². The normalized spacial score (nSPS) is 12.3. The second kappa shape index (κ2) is 10.1. The number of aromatic nitrogens is 5. The Bertz CT molecular complexity index is 1320. The predicted molar refractivity (Wildman–Crippen MR) is 110 cm³/mol. The second-order valence-corrected chi connectivity index (χ2v) is 8.31. The molecule has 0 saturated carbocycles. The van der Waals surface area contributed by atoms with E-state index in [1.165, 1.54) is 35.3 Å². The molecule has 16 nitrogen and oxygen atoms in total. The SMILES string of the molecule is CC(=O)OCC(COS(=O)(=O)c1ccccc1[N+](=O)[O-])n1cc(Cn2ccnc2[N+](=O)[O-])nn1. The van der Waals surface area contributed by atoms with E-state index in [1.54, 1.807) is 0 Å². The van der Waals surface area contributed by atoms with E-state index in [0.29, 0.717) is 0 Å². The Labute approximate surface area is 191 Å². The van der Waals surface area contributed by atoms with Crippen LogP contribution < -0.4 is 0 Å². The maximum atomic E-state index is 12.6. The number of para-hydroxylation sites is 1. The zero-order valence-corrected chi connectivity index (χ0v) is 18.3. The van der Waals surface area contributed by atoms with Gasteiger partial charge in [-0.3, -0.25) is 19.1 Å². The standard InChI is InChI=1S/C17H17N7O9S/c1-12(25)32-10-14(11-33-34(30,31)16-5-3-2-4-15(16)23(26)27)22-9-13(19-20-22)8-21-7-6-18-17(21)24(28)29/h2-7,9,14H,8,10-11H2,1H3. The molecule has 3 aromatic rings. The highest BCUT2D eigenvalue weighted by Gasteiger charge is 2.28. The van der Waals surface area contributed by atoms with Crippen LogP contribution in [-0.4, -0.2) is 62.0 Å². The summed E-state index contributed by atoms with van der Waals surface area (Å²) in [7, 11) is -4.56. The van der Waals surface area contributed by atoms with Crippen molar-refractivity contribution in [3.05, 3.63) is 68.8 Å². The van der Waals surface area contributed by atoms with E-state index in [2.05, 4.69) is 15.3 Å². The molecule has 0 bridgehead atoms. The molecule has 0 fully saturated rings. The fourth-order valence-corrected chi connectivity index (χ4v) is 3.91. The number of carbonyl (C=O) groups excluding carboxylic acids is 1. The Morgan fingerprint density at radius 1 is 1.18 bits per heavy atom. The van der Waals surface area contributed by atoms with Crippen LogP contribution in [0.15, 0.2) is 47.8 Å². The van der Waals surface area contributed by atoms with Crippen LogP contribution in [0.2, 0.25) is 0 Å². The molecule has 0 aliphatic heterocycles. The molecule has 17 heteroatoms. The molecular weight excluding hydrogens is 478 g/mol. The van der Waals surface area contributed by atoms with Gasteiger partial charge in [0.15, 0.2) is 4.90 Å². The fraction of sp³-hybridized carbons (Fsp3) is 0.294. The van der Waals surface area contributed by atoms with Crippen LogP contribution in [0.5, 0.6) is 0 Å². The quantitative estimate of drug-likeness (QED) is 0.157. The summed E-state index contributed by atoms with van der Waals surface area (Å²) in [6.07, 6.45) is 3.97. The van der Waals surface area contributed by atoms with Crippen LogP contribution in [0.3, 0.4) is 0 Å². The zero-order chi connectivity index (χ0) is 24.9. The van der Waals surface area contributed by atoms with Crippen molar-refractivity contribution in [2.45, 2.75) is 24.4 Å². The highest BCUT2D eigenvalue weighted by molar-refractivity contribution is 7.87. The van der Waals surface area contributed by atoms with E-state index in [1.807, 2.05) is 0 Å². The first-order valence-electron chi connectivity index (χ1n) is 9.41. The van der Waals surface area contributed by atoms with Gasteiger partial charge in [-0.1, -0.05) is 22.3 Å². The molecule has 0 aliphatic rings. The van der Waals surface area contributed by atoms with Gasteiger partial charge in [0, 0.05) is 13.0 Å². The topological polar surface area (TPSA) is 204 Å². The van der Waals surface area contributed by atoms with Crippen LogP contribution >= 0.6 is 0 Å². The van der Waals surface area contributed by atoms with E-state index < -0.39 is 55.1 Å². The molecule has 180 valence electrons. The van der Waals surface area contributed by atoms with Crippen molar-refractivity contribution in [2.24, 2.45) is 0 Å². The maximum absolute atomic E-state index is 12.6. The van der Waals surface area contributed by atoms with Gasteiger partial charge in [-0.25, -0.2) is 9.25 Å². The van der Waals surface area contributed by atoms with Gasteiger partial charge in [0.05, 0.1) is 17.7 Å². The molecule has 0 radical (unpaired) electrons. The van der Waals surface area contributed by atoms with E-state index in [0.717, 1.165) is 23.7 Å². The molecule has 3 rings (SSSR count). The molecule has 2 aromatic heterocycles. The molecular formula is C17H17N7O9S. The Kier molecular flexibility index (Phi) is 7.27. The first kappa shape index (κ1) is 24.4. The number of nitro groups is 2. The third kappa shape index (κ3) is 5.75. The zero-order valence-electron chi connectivity index (χ0n) is 17.5. The van der Waals surface area contributed by atoms with Crippen molar-refractivity contribution in [1.82, 2.24) is 24.5 Å². The largest absolute Gasteiger partial charge is 0.463 e. The molecule has 1 unspecified atom stereocenters. The van der Waals surface area contributed by atoms with Gasteiger partial charge in [-0.2, -0.15) is 8.42 Å². The first-order valence-corrected chi connectivity index (χ1v) is 10.8. The minimum absolute atomic E-state index is 0.0635. The third-order valence-electron chi connectivity index (χ3n) is 4.35. The van der Waals surface area contributed by atoms with Gasteiger partial charge in [0.1, 0.15) is 37.3 Å². The summed E-state index contributed by atoms with van der Waals surface area (Å²) in [5, 5.41) is 29.9. The minimum atomic E-state index is -4.56. The number of carbonyl (C=O) groups is 1. The molecule has 1 atom stereocenters. The van der Waals surface area contributed by atoms with E-state index >= 15 is 0 Å². The first-order chi connectivity index (χ1) is 16.1. The van der Waals surface area contributed by atoms with Gasteiger partial charge in [0.2, 0.25) is 0 Å². The molecule has 34 heavy (non-hydrogen) atoms. The highest BCUT2D eigenvalue weighted by Crippen LogP contribution is 2.25. The van der Waals surface area contributed by atoms with Crippen LogP contribution in [0.1, 0.15) is 18.7 Å². The maximum Gasteiger partial charge on any atom is 0.434 e. The summed E-state index contributed by atoms with van der Waals surface area (Å²) in [6, 6.07) is 3.67. The van der Waals surface area contributed by atoms with Crippen molar-refractivity contribution >= 4 is 27.7 Å². The monoisotopic (exact) mass is 495 g/mol. The number of esters is 1. The van der Waals surface area contributed by atoms with Gasteiger partial charge in [0.25, 0.3) is 5.69 Å². The lowest BCUT2D eigenvalue weighted by Crippen LogP contribution is -2.24. The number of benzene rings is 1. The Balaban J connectivity index is 1.80. The molecule has 0 N–H and O–H groups in total. The second-order valence-electron chi connectivity index (χ2n) is 6.72. The van der Waals surface area contributed by atoms with Crippen molar-refractivity contribution in [2.75, 3.05) is 13.2 Å². The Morgan fingerprint density at radius 3 is 2.59 bits per heavy atom. The van der Waals surface area contributed by atoms with Crippen molar-refractivity contribution < 1.29 is 32.0 Å². The van der Waals surface area contributed by atoms with E-state index in [9.17, 15) is 33.4 Å². The third-order valence-corrected chi connectivity index (χ3v) is 5.68. The predicted octanol–water partition coefficient (Wildman–Crippen LogP) is 0.849. The molecule has 2 heterocycles. The minimum Gasteiger partial charge on any atom is -0.463 e. The number of hydrogen-bond acceptors (Lipinski definition) is 12. The van der Waals surface area contributed by atoms with Crippen LogP contribution in [0.25, 0.3) is 0 Å². The van der Waals surface area contributed by atoms with E-state index in [4.69, 9.17) is 8.92 Å². The average Bonchev–Trinajstić information content (AvgIpc) is 3.43. The summed E-state index contributed by atoms with van der Waals surface area (Å²) in [5.41, 5.74) is -0.403. The summed E-state index contributed by atoms with van der Waals surface area (Å²) >= 11 is 0. The smallest absolute Gasteiger partial charge is 0.434 e. The Morgan fingerprint density at radius 2 is 1.91 bits per heavy atom. The average molecular weight is 495 g/mol. The lowest BCUT2D eigenvalue weighted by Gasteiger charge is -2.16. The number of ether oxygens (including phenoxy) is 1. The molecule has 1 aromatic carbocycles. The number of nitro benzene ring substituents is 1. The number of hydrogen-bond donors (Lipinski definition) is 0. The number of nitrogens with zero attached hydrogens (tertiary/aromatic N) is 7. The molecule has 0 saturated heterocycles. The number of imidazole rings is 1. The van der Waals surface area contributed by atoms with Crippen LogP contribution in [0, 0.1) is 20.2 Å². The summed E-state index contributed by atoms with van der Waals surface area (Å²) < 4.78 is 37.5. The molecule has 0 spiro atoms. The van der Waals surface area contributed by atoms with E-state index in [-0.39, 0.29) is 18.8 Å². The lowest BCUT2D eigenvalue weighted by molar-refractivity contribution is -0.396. The summed E-state index contributed by atoms with van der Waals surface area (Å²) in [4.78, 5) is 34.9. The van der Waals surface area contributed by atoms with Crippen LogP contribution in [0.4, 0.5) is 11.6 Å². The Hall–Kier alpha value is -4.25. The van der Waals surface area contributed by atoms with Gasteiger partial charge >= 0.3 is 22.0 Å². The molecule has 0 amide bonds. The fourth-order valence-electron chi connectivity index (χ4n) is 2.80. The van der Waals surface area contributed by atoms with Crippen LogP contribution in [-0.2, 0) is 30.4 Å². The highest BCUT2D eigenvalue weighted by atomic mass is 32.2. The molecule has 0 aliphatic carbocycles. The lowest BCUT2D eigenvalue weighted by atomic mass is 10.3. The number of rotatable bonds is 11.